The molecule has 0 aliphatic carbocycles. The SMILES string of the molecule is CCc1ccc(NC(=O)C2CC(=O)N(c3ccccc3C(C)C)C2)cc1. The van der Waals surface area contributed by atoms with Crippen molar-refractivity contribution in [3.05, 3.63) is 59.7 Å². The molecule has 2 aromatic rings. The lowest BCUT2D eigenvalue weighted by atomic mass is 10.0. The van der Waals surface area contributed by atoms with Gasteiger partial charge in [-0.2, -0.15) is 0 Å². The molecular formula is C22H26N2O2. The Kier molecular flexibility index (Phi) is 5.40. The molecule has 26 heavy (non-hydrogen) atoms. The highest BCUT2D eigenvalue weighted by Crippen LogP contribution is 2.32. The van der Waals surface area contributed by atoms with E-state index in [1.54, 1.807) is 4.90 Å². The number of carbonyl (C=O) groups is 2. The lowest BCUT2D eigenvalue weighted by molar-refractivity contribution is -0.122. The van der Waals surface area contributed by atoms with Gasteiger partial charge in [-0.15, -0.1) is 0 Å². The van der Waals surface area contributed by atoms with Gasteiger partial charge in [-0.3, -0.25) is 9.59 Å². The van der Waals surface area contributed by atoms with Crippen molar-refractivity contribution >= 4 is 23.2 Å². The van der Waals surface area contributed by atoms with Gasteiger partial charge in [0.05, 0.1) is 5.92 Å². The summed E-state index contributed by atoms with van der Waals surface area (Å²) in [6, 6.07) is 15.8. The van der Waals surface area contributed by atoms with Gasteiger partial charge in [0.2, 0.25) is 11.8 Å². The zero-order chi connectivity index (χ0) is 18.7. The fourth-order valence-electron chi connectivity index (χ4n) is 3.41. The Morgan fingerprint density at radius 3 is 2.50 bits per heavy atom. The molecule has 1 saturated heterocycles. The van der Waals surface area contributed by atoms with E-state index < -0.39 is 0 Å². The van der Waals surface area contributed by atoms with Crippen LogP contribution in [0.4, 0.5) is 11.4 Å². The van der Waals surface area contributed by atoms with Gasteiger partial charge in [0.25, 0.3) is 0 Å². The number of hydrogen-bond donors (Lipinski definition) is 1. The van der Waals surface area contributed by atoms with Crippen molar-refractivity contribution in [1.82, 2.24) is 0 Å². The van der Waals surface area contributed by atoms with Crippen LogP contribution in [0.15, 0.2) is 48.5 Å². The van der Waals surface area contributed by atoms with Crippen LogP contribution in [0.3, 0.4) is 0 Å². The molecular weight excluding hydrogens is 324 g/mol. The Morgan fingerprint density at radius 2 is 1.85 bits per heavy atom. The third-order valence-corrected chi connectivity index (χ3v) is 4.98. The summed E-state index contributed by atoms with van der Waals surface area (Å²) in [5, 5.41) is 2.95. The van der Waals surface area contributed by atoms with Gasteiger partial charge in [-0.05, 0) is 41.7 Å². The van der Waals surface area contributed by atoms with Crippen LogP contribution in [0.25, 0.3) is 0 Å². The Bertz CT molecular complexity index is 796. The maximum absolute atomic E-state index is 12.6. The van der Waals surface area contributed by atoms with Gasteiger partial charge in [-0.25, -0.2) is 0 Å². The van der Waals surface area contributed by atoms with E-state index in [1.165, 1.54) is 5.56 Å². The fraction of sp³-hybridized carbons (Fsp3) is 0.364. The van der Waals surface area contributed by atoms with Crippen molar-refractivity contribution in [2.45, 2.75) is 39.5 Å². The molecule has 0 radical (unpaired) electrons. The molecule has 1 fully saturated rings. The average Bonchev–Trinajstić information content (AvgIpc) is 3.04. The van der Waals surface area contributed by atoms with Crippen molar-refractivity contribution in [1.29, 1.82) is 0 Å². The van der Waals surface area contributed by atoms with E-state index in [4.69, 9.17) is 0 Å². The van der Waals surface area contributed by atoms with E-state index in [9.17, 15) is 9.59 Å². The quantitative estimate of drug-likeness (QED) is 0.871. The van der Waals surface area contributed by atoms with Crippen LogP contribution >= 0.6 is 0 Å². The second-order valence-electron chi connectivity index (χ2n) is 7.16. The molecule has 1 aliphatic rings. The third kappa shape index (κ3) is 3.79. The maximum Gasteiger partial charge on any atom is 0.229 e. The van der Waals surface area contributed by atoms with Crippen LogP contribution in [0, 0.1) is 5.92 Å². The average molecular weight is 350 g/mol. The van der Waals surface area contributed by atoms with E-state index in [1.807, 2.05) is 42.5 Å². The first kappa shape index (κ1) is 18.2. The molecule has 1 aliphatic heterocycles. The van der Waals surface area contributed by atoms with E-state index >= 15 is 0 Å². The molecule has 4 nitrogen and oxygen atoms in total. The molecule has 0 saturated carbocycles. The second-order valence-corrected chi connectivity index (χ2v) is 7.16. The van der Waals surface area contributed by atoms with Gasteiger partial charge in [0.15, 0.2) is 0 Å². The lowest BCUT2D eigenvalue weighted by Gasteiger charge is -2.22. The van der Waals surface area contributed by atoms with Crippen LogP contribution in [0.5, 0.6) is 0 Å². The molecule has 1 atom stereocenters. The first-order chi connectivity index (χ1) is 12.5. The first-order valence-electron chi connectivity index (χ1n) is 9.28. The molecule has 0 aromatic heterocycles. The Morgan fingerprint density at radius 1 is 1.15 bits per heavy atom. The number of anilines is 2. The minimum Gasteiger partial charge on any atom is -0.326 e. The van der Waals surface area contributed by atoms with Crippen LogP contribution in [0.1, 0.15) is 44.2 Å². The topological polar surface area (TPSA) is 49.4 Å². The zero-order valence-electron chi connectivity index (χ0n) is 15.7. The summed E-state index contributed by atoms with van der Waals surface area (Å²) >= 11 is 0. The lowest BCUT2D eigenvalue weighted by Crippen LogP contribution is -2.28. The molecule has 4 heteroatoms. The van der Waals surface area contributed by atoms with Crippen molar-refractivity contribution in [2.24, 2.45) is 5.92 Å². The number of hydrogen-bond acceptors (Lipinski definition) is 2. The minimum absolute atomic E-state index is 0.0135. The van der Waals surface area contributed by atoms with Crippen molar-refractivity contribution in [3.63, 3.8) is 0 Å². The number of carbonyl (C=O) groups excluding carboxylic acids is 2. The third-order valence-electron chi connectivity index (χ3n) is 4.98. The molecule has 0 bridgehead atoms. The number of amides is 2. The van der Waals surface area contributed by atoms with Crippen LogP contribution in [0.2, 0.25) is 0 Å². The number of aryl methyl sites for hydroxylation is 1. The van der Waals surface area contributed by atoms with Crippen molar-refractivity contribution in [2.75, 3.05) is 16.8 Å². The molecule has 3 rings (SSSR count). The van der Waals surface area contributed by atoms with Gasteiger partial charge in [-0.1, -0.05) is 51.1 Å². The molecule has 2 aromatic carbocycles. The van der Waals surface area contributed by atoms with E-state index in [0.29, 0.717) is 12.5 Å². The molecule has 1 N–H and O–H groups in total. The summed E-state index contributed by atoms with van der Waals surface area (Å²) in [5.74, 6) is -0.0794. The smallest absolute Gasteiger partial charge is 0.229 e. The molecule has 1 heterocycles. The van der Waals surface area contributed by atoms with E-state index in [0.717, 1.165) is 23.4 Å². The highest BCUT2D eigenvalue weighted by Gasteiger charge is 2.36. The predicted molar refractivity (Wildman–Crippen MR) is 105 cm³/mol. The van der Waals surface area contributed by atoms with Crippen molar-refractivity contribution in [3.8, 4) is 0 Å². The summed E-state index contributed by atoms with van der Waals surface area (Å²) in [5.41, 5.74) is 4.07. The maximum atomic E-state index is 12.6. The van der Waals surface area contributed by atoms with Gasteiger partial charge in [0.1, 0.15) is 0 Å². The highest BCUT2D eigenvalue weighted by atomic mass is 16.2. The van der Waals surface area contributed by atoms with Gasteiger partial charge in [0, 0.05) is 24.3 Å². The molecule has 1 unspecified atom stereocenters. The zero-order valence-corrected chi connectivity index (χ0v) is 15.7. The number of nitrogens with zero attached hydrogens (tertiary/aromatic N) is 1. The van der Waals surface area contributed by atoms with Crippen LogP contribution in [-0.4, -0.2) is 18.4 Å². The van der Waals surface area contributed by atoms with Crippen LogP contribution < -0.4 is 10.2 Å². The second kappa shape index (κ2) is 7.73. The molecule has 136 valence electrons. The number of rotatable bonds is 5. The summed E-state index contributed by atoms with van der Waals surface area (Å²) in [4.78, 5) is 26.9. The monoisotopic (exact) mass is 350 g/mol. The summed E-state index contributed by atoms with van der Waals surface area (Å²) < 4.78 is 0. The van der Waals surface area contributed by atoms with Crippen LogP contribution in [-0.2, 0) is 16.0 Å². The Labute approximate surface area is 155 Å². The Hall–Kier alpha value is -2.62. The number of benzene rings is 2. The molecule has 2 amide bonds. The molecule has 0 spiro atoms. The van der Waals surface area contributed by atoms with E-state index in [2.05, 4.69) is 32.2 Å². The van der Waals surface area contributed by atoms with Gasteiger partial charge < -0.3 is 10.2 Å². The van der Waals surface area contributed by atoms with E-state index in [-0.39, 0.29) is 24.2 Å². The Balaban J connectivity index is 1.72. The fourth-order valence-corrected chi connectivity index (χ4v) is 3.41. The summed E-state index contributed by atoms with van der Waals surface area (Å²) in [6.07, 6.45) is 1.22. The summed E-state index contributed by atoms with van der Waals surface area (Å²) in [6.45, 7) is 6.76. The van der Waals surface area contributed by atoms with Gasteiger partial charge >= 0.3 is 0 Å². The predicted octanol–water partition coefficient (Wildman–Crippen LogP) is 4.36. The highest BCUT2D eigenvalue weighted by molar-refractivity contribution is 6.03. The standard InChI is InChI=1S/C22H26N2O2/c1-4-16-9-11-18(12-10-16)23-22(26)17-13-21(25)24(14-17)20-8-6-5-7-19(20)15(2)3/h5-12,15,17H,4,13-14H2,1-3H3,(H,23,26). The normalized spacial score (nSPS) is 17.0. The first-order valence-corrected chi connectivity index (χ1v) is 9.28. The number of nitrogens with one attached hydrogen (secondary N) is 1. The minimum atomic E-state index is -0.325. The largest absolute Gasteiger partial charge is 0.326 e. The number of para-hydroxylation sites is 1. The van der Waals surface area contributed by atoms with Crippen molar-refractivity contribution < 1.29 is 9.59 Å². The summed E-state index contributed by atoms with van der Waals surface area (Å²) in [7, 11) is 0.